The van der Waals surface area contributed by atoms with E-state index in [0.29, 0.717) is 15.6 Å². The molecule has 0 bridgehead atoms. The maximum atomic E-state index is 13.9. The fourth-order valence-corrected chi connectivity index (χ4v) is 6.07. The fraction of sp³-hybridized carbons (Fsp3) is 0.259. The second-order valence-corrected chi connectivity index (χ2v) is 12.6. The molecule has 2 amide bonds. The number of nitrogens with zero attached hydrogens (tertiary/aromatic N) is 2. The second-order valence-electron chi connectivity index (χ2n) is 9.03. The molecule has 3 aromatic rings. The molecule has 7 nitrogen and oxygen atoms in total. The molecule has 1 atom stereocenters. The van der Waals surface area contributed by atoms with E-state index in [1.165, 1.54) is 35.2 Å². The first-order valence-electron chi connectivity index (χ1n) is 11.9. The fourth-order valence-electron chi connectivity index (χ4n) is 3.74. The van der Waals surface area contributed by atoms with E-state index in [9.17, 15) is 18.0 Å². The molecule has 12 heteroatoms. The Bertz CT molecular complexity index is 1450. The quantitative estimate of drug-likeness (QED) is 0.279. The van der Waals surface area contributed by atoms with Crippen LogP contribution in [0.2, 0.25) is 20.1 Å². The highest BCUT2D eigenvalue weighted by Gasteiger charge is 2.33. The maximum Gasteiger partial charge on any atom is 0.264 e. The molecule has 0 aliphatic rings. The molecular formula is C27H27Cl4N3O4S. The summed E-state index contributed by atoms with van der Waals surface area (Å²) in [5, 5.41) is 3.74. The SMILES string of the molecule is CC(C)NC(=O)[C@@H](C)N(Cc1ccc(Cl)c(Cl)c1)C(=O)CN(c1ccc(Cl)cc1Cl)S(=O)(=O)c1ccccc1. The third kappa shape index (κ3) is 7.80. The first-order valence-corrected chi connectivity index (χ1v) is 14.8. The monoisotopic (exact) mass is 629 g/mol. The van der Waals surface area contributed by atoms with Crippen molar-refractivity contribution in [3.8, 4) is 0 Å². The zero-order valence-corrected chi connectivity index (χ0v) is 25.2. The van der Waals surface area contributed by atoms with Gasteiger partial charge < -0.3 is 10.2 Å². The molecule has 0 saturated heterocycles. The van der Waals surface area contributed by atoms with Crippen molar-refractivity contribution >= 4 is 73.9 Å². The van der Waals surface area contributed by atoms with E-state index in [1.807, 2.05) is 0 Å². The highest BCUT2D eigenvalue weighted by atomic mass is 35.5. The third-order valence-electron chi connectivity index (χ3n) is 5.72. The number of hydrogen-bond donors (Lipinski definition) is 1. The summed E-state index contributed by atoms with van der Waals surface area (Å²) in [6, 6.07) is 15.7. The molecule has 0 saturated carbocycles. The van der Waals surface area contributed by atoms with Crippen LogP contribution in [0.15, 0.2) is 71.6 Å². The lowest BCUT2D eigenvalue weighted by Gasteiger charge is -2.32. The summed E-state index contributed by atoms with van der Waals surface area (Å²) >= 11 is 24.7. The summed E-state index contributed by atoms with van der Waals surface area (Å²) in [6.07, 6.45) is 0. The van der Waals surface area contributed by atoms with Gasteiger partial charge in [-0.15, -0.1) is 0 Å². The number of carbonyl (C=O) groups excluding carboxylic acids is 2. The van der Waals surface area contributed by atoms with E-state index < -0.39 is 34.4 Å². The Hall–Kier alpha value is -2.49. The Balaban J connectivity index is 2.07. The van der Waals surface area contributed by atoms with E-state index in [4.69, 9.17) is 46.4 Å². The highest BCUT2D eigenvalue weighted by molar-refractivity contribution is 7.92. The van der Waals surface area contributed by atoms with Gasteiger partial charge in [0.2, 0.25) is 11.8 Å². The van der Waals surface area contributed by atoms with Crippen LogP contribution in [-0.2, 0) is 26.2 Å². The lowest BCUT2D eigenvalue weighted by Crippen LogP contribution is -2.52. The van der Waals surface area contributed by atoms with Crippen molar-refractivity contribution in [3.63, 3.8) is 0 Å². The van der Waals surface area contributed by atoms with Gasteiger partial charge in [-0.1, -0.05) is 70.7 Å². The number of anilines is 1. The first-order chi connectivity index (χ1) is 18.3. The molecule has 0 aliphatic heterocycles. The number of amides is 2. The van der Waals surface area contributed by atoms with Gasteiger partial charge in [0.15, 0.2) is 0 Å². The molecule has 0 fully saturated rings. The molecule has 39 heavy (non-hydrogen) atoms. The summed E-state index contributed by atoms with van der Waals surface area (Å²) in [5.74, 6) is -1.04. The number of rotatable bonds is 10. The minimum absolute atomic E-state index is 0.0318. The van der Waals surface area contributed by atoms with E-state index in [-0.39, 0.29) is 33.2 Å². The van der Waals surface area contributed by atoms with Gasteiger partial charge >= 0.3 is 0 Å². The number of carbonyl (C=O) groups is 2. The molecule has 0 spiro atoms. The summed E-state index contributed by atoms with van der Waals surface area (Å²) in [4.78, 5) is 28.1. The van der Waals surface area contributed by atoms with E-state index in [1.54, 1.807) is 57.2 Å². The van der Waals surface area contributed by atoms with Gasteiger partial charge in [0.1, 0.15) is 12.6 Å². The minimum atomic E-state index is -4.25. The number of sulfonamides is 1. The first kappa shape index (κ1) is 31.0. The highest BCUT2D eigenvalue weighted by Crippen LogP contribution is 2.33. The Morgan fingerprint density at radius 3 is 2.10 bits per heavy atom. The van der Waals surface area contributed by atoms with Crippen molar-refractivity contribution in [3.05, 3.63) is 92.4 Å². The summed E-state index contributed by atoms with van der Waals surface area (Å²) in [6.45, 7) is 4.49. The summed E-state index contributed by atoms with van der Waals surface area (Å²) < 4.78 is 28.5. The molecular weight excluding hydrogens is 604 g/mol. The van der Waals surface area contributed by atoms with Gasteiger partial charge in [0.05, 0.1) is 25.7 Å². The van der Waals surface area contributed by atoms with Crippen LogP contribution in [0.5, 0.6) is 0 Å². The normalized spacial score (nSPS) is 12.2. The van der Waals surface area contributed by atoms with Crippen molar-refractivity contribution in [1.82, 2.24) is 10.2 Å². The van der Waals surface area contributed by atoms with E-state index in [0.717, 1.165) is 4.31 Å². The second kappa shape index (κ2) is 13.2. The summed E-state index contributed by atoms with van der Waals surface area (Å²) in [5.41, 5.74) is 0.663. The van der Waals surface area contributed by atoms with Gasteiger partial charge in [-0.25, -0.2) is 8.42 Å². The smallest absolute Gasteiger partial charge is 0.264 e. The Labute approximate surface area is 248 Å². The number of halogens is 4. The van der Waals surface area contributed by atoms with Crippen LogP contribution in [0.1, 0.15) is 26.3 Å². The largest absolute Gasteiger partial charge is 0.352 e. The van der Waals surface area contributed by atoms with E-state index in [2.05, 4.69) is 5.32 Å². The lowest BCUT2D eigenvalue weighted by molar-refractivity contribution is -0.139. The van der Waals surface area contributed by atoms with Gasteiger partial charge in [0.25, 0.3) is 10.0 Å². The lowest BCUT2D eigenvalue weighted by atomic mass is 10.1. The van der Waals surface area contributed by atoms with Crippen molar-refractivity contribution < 1.29 is 18.0 Å². The molecule has 0 aromatic heterocycles. The zero-order chi connectivity index (χ0) is 28.9. The van der Waals surface area contributed by atoms with Crippen molar-refractivity contribution in [1.29, 1.82) is 0 Å². The zero-order valence-electron chi connectivity index (χ0n) is 21.4. The molecule has 0 unspecified atom stereocenters. The Kier molecular flexibility index (Phi) is 10.5. The molecule has 208 valence electrons. The van der Waals surface area contributed by atoms with Crippen LogP contribution in [-0.4, -0.2) is 43.8 Å². The van der Waals surface area contributed by atoms with Crippen LogP contribution >= 0.6 is 46.4 Å². The van der Waals surface area contributed by atoms with Gasteiger partial charge in [-0.2, -0.15) is 0 Å². The van der Waals surface area contributed by atoms with Crippen molar-refractivity contribution in [2.45, 2.75) is 44.3 Å². The standard InChI is InChI=1S/C27H27Cl4N3O4S/c1-17(2)32-27(36)18(3)33(15-19-9-11-22(29)23(30)13-19)26(35)16-34(25-12-10-20(28)14-24(25)31)39(37,38)21-7-5-4-6-8-21/h4-14,17-18H,15-16H2,1-3H3,(H,32,36)/t18-/m1/s1. The molecule has 0 aliphatic carbocycles. The Morgan fingerprint density at radius 1 is 0.846 bits per heavy atom. The van der Waals surface area contributed by atoms with Crippen molar-refractivity contribution in [2.75, 3.05) is 10.8 Å². The molecule has 3 rings (SSSR count). The number of hydrogen-bond acceptors (Lipinski definition) is 4. The van der Waals surface area contributed by atoms with Crippen LogP contribution in [0.4, 0.5) is 5.69 Å². The minimum Gasteiger partial charge on any atom is -0.352 e. The molecule has 0 heterocycles. The van der Waals surface area contributed by atoms with Crippen LogP contribution in [0, 0.1) is 0 Å². The Morgan fingerprint density at radius 2 is 1.51 bits per heavy atom. The van der Waals surface area contributed by atoms with Crippen LogP contribution in [0.3, 0.4) is 0 Å². The average molecular weight is 631 g/mol. The number of benzene rings is 3. The third-order valence-corrected chi connectivity index (χ3v) is 8.77. The van der Waals surface area contributed by atoms with Crippen LogP contribution < -0.4 is 9.62 Å². The van der Waals surface area contributed by atoms with Gasteiger partial charge in [0, 0.05) is 17.6 Å². The average Bonchev–Trinajstić information content (AvgIpc) is 2.87. The maximum absolute atomic E-state index is 13.9. The van der Waals surface area contributed by atoms with Crippen molar-refractivity contribution in [2.24, 2.45) is 0 Å². The topological polar surface area (TPSA) is 86.8 Å². The molecule has 3 aromatic carbocycles. The van der Waals surface area contributed by atoms with E-state index >= 15 is 0 Å². The predicted octanol–water partition coefficient (Wildman–Crippen LogP) is 6.44. The number of nitrogens with one attached hydrogen (secondary N) is 1. The molecule has 0 radical (unpaired) electrons. The van der Waals surface area contributed by atoms with Gasteiger partial charge in [-0.3, -0.25) is 13.9 Å². The van der Waals surface area contributed by atoms with Crippen LogP contribution in [0.25, 0.3) is 0 Å². The van der Waals surface area contributed by atoms with Gasteiger partial charge in [-0.05, 0) is 68.8 Å². The summed E-state index contributed by atoms with van der Waals surface area (Å²) in [7, 11) is -4.25. The molecule has 1 N–H and O–H groups in total. The predicted molar refractivity (Wildman–Crippen MR) is 157 cm³/mol.